The van der Waals surface area contributed by atoms with Crippen LogP contribution in [0.4, 0.5) is 17.1 Å². The normalized spacial score (nSPS) is 11.5. The molecule has 0 radical (unpaired) electrons. The van der Waals surface area contributed by atoms with Crippen LogP contribution in [-0.4, -0.2) is 34.3 Å². The van der Waals surface area contributed by atoms with Gasteiger partial charge in [-0.05, 0) is 171 Å². The van der Waals surface area contributed by atoms with Gasteiger partial charge in [0.05, 0.1) is 47.2 Å². The zero-order valence-corrected chi connectivity index (χ0v) is 59.1. The molecule has 0 saturated heterocycles. The van der Waals surface area contributed by atoms with E-state index in [1.165, 1.54) is 101 Å². The molecule has 93 heavy (non-hydrogen) atoms. The number of carboxylic acids is 1. The topological polar surface area (TPSA) is 113 Å². The van der Waals surface area contributed by atoms with E-state index in [1.54, 1.807) is 24.3 Å². The summed E-state index contributed by atoms with van der Waals surface area (Å²) < 4.78 is 13.7. The van der Waals surface area contributed by atoms with Crippen LogP contribution in [0.15, 0.2) is 133 Å². The van der Waals surface area contributed by atoms with Crippen molar-refractivity contribution in [3.63, 3.8) is 0 Å². The minimum Gasteiger partial charge on any atom is -0.656 e. The molecule has 5 heterocycles. The van der Waals surface area contributed by atoms with E-state index in [9.17, 15) is 9.90 Å². The van der Waals surface area contributed by atoms with Gasteiger partial charge in [-0.25, -0.2) is 14.8 Å². The Morgan fingerprint density at radius 3 is 1.35 bits per heavy atom. The Labute approximate surface area is 566 Å². The number of nitrogens with zero attached hydrogens (tertiary/aromatic N) is 5. The molecule has 5 aromatic carbocycles. The first-order valence-corrected chi connectivity index (χ1v) is 34.5. The number of hydrogen-bond donors (Lipinski definition) is 1. The van der Waals surface area contributed by atoms with Crippen LogP contribution >= 0.6 is 0 Å². The first-order chi connectivity index (χ1) is 45.2. The van der Waals surface area contributed by atoms with Gasteiger partial charge in [-0.1, -0.05) is 215 Å². The smallest absolute Gasteiger partial charge is 0.656 e. The van der Waals surface area contributed by atoms with Gasteiger partial charge in [0.15, 0.2) is 0 Å². The fourth-order valence-electron chi connectivity index (χ4n) is 12.6. The van der Waals surface area contributed by atoms with E-state index in [4.69, 9.17) is 29.4 Å². The molecule has 0 saturated carbocycles. The molecule has 10 rings (SSSR count). The molecule has 0 fully saturated rings. The Hall–Kier alpha value is -8.25. The molecular weight excluding hydrogens is 1200 g/mol. The molecule has 0 unspecified atom stereocenters. The molecule has 0 spiro atoms. The zero-order valence-electron chi connectivity index (χ0n) is 56.1. The van der Waals surface area contributed by atoms with E-state index in [-0.39, 0.29) is 25.0 Å². The van der Waals surface area contributed by atoms with Crippen molar-refractivity contribution in [3.05, 3.63) is 195 Å². The minimum absolute atomic E-state index is 0. The first kappa shape index (κ1) is 69.1. The van der Waals surface area contributed by atoms with Crippen LogP contribution < -0.4 is 24.3 Å². The monoisotopic (exact) mass is 1290 g/mol. The van der Waals surface area contributed by atoms with Gasteiger partial charge in [-0.3, -0.25) is 0 Å². The number of unbranched alkanes of at least 4 members (excludes halogenated alkanes) is 16. The summed E-state index contributed by atoms with van der Waals surface area (Å²) in [6.45, 7) is 14.5. The summed E-state index contributed by atoms with van der Waals surface area (Å²) in [7, 11) is 0. The van der Waals surface area contributed by atoms with E-state index in [2.05, 4.69) is 180 Å². The van der Waals surface area contributed by atoms with Gasteiger partial charge in [0.25, 0.3) is 0 Å². The van der Waals surface area contributed by atoms with Crippen molar-refractivity contribution in [2.45, 2.75) is 183 Å². The van der Waals surface area contributed by atoms with Crippen molar-refractivity contribution >= 4 is 69.4 Å². The van der Waals surface area contributed by atoms with Crippen LogP contribution in [0.1, 0.15) is 223 Å². The Morgan fingerprint density at radius 1 is 0.441 bits per heavy atom. The summed E-state index contributed by atoms with van der Waals surface area (Å²) >= 11 is 0. The van der Waals surface area contributed by atoms with Crippen molar-refractivity contribution in [2.75, 3.05) is 18.1 Å². The molecule has 2 aliphatic heterocycles. The molecule has 0 atom stereocenters. The van der Waals surface area contributed by atoms with Crippen molar-refractivity contribution in [3.8, 4) is 45.6 Å². The SMILES string of the molecule is CCCCCCCCOc1cccc(C)c1-c1c2nc(c(N(c3ccc(CCCCCC)cc3)c3ccc(CCCCCC)cc3)c3ccc([n-]3)c(-c3c(C)cccc3OCCCCCCCC)c3nc(c(C#Cc4ccc(C(=O)O)cc4)c4ccc1[n-]4)C=C3)C=C2.[Zn+2]. The third-order valence-electron chi connectivity index (χ3n) is 17.8. The molecule has 1 N–H and O–H groups in total. The Balaban J connectivity index is 0.0000102. The van der Waals surface area contributed by atoms with Crippen molar-refractivity contribution in [1.29, 1.82) is 0 Å². The van der Waals surface area contributed by atoms with Gasteiger partial charge in [0, 0.05) is 33.6 Å². The Morgan fingerprint density at radius 2 is 0.860 bits per heavy atom. The summed E-state index contributed by atoms with van der Waals surface area (Å²) in [5.41, 5.74) is 18.2. The average Bonchev–Trinajstić information content (AvgIpc) is 1.63. The number of fused-ring (bicyclic) bond motifs is 8. The van der Waals surface area contributed by atoms with Crippen LogP contribution in [0.5, 0.6) is 11.5 Å². The number of carboxylic acid groups (broad SMARTS) is 1. The predicted octanol–water partition coefficient (Wildman–Crippen LogP) is 22.2. The average molecular weight is 1290 g/mol. The van der Waals surface area contributed by atoms with Gasteiger partial charge < -0.3 is 29.4 Å². The van der Waals surface area contributed by atoms with E-state index < -0.39 is 5.97 Å². The second-order valence-corrected chi connectivity index (χ2v) is 24.9. The maximum absolute atomic E-state index is 11.9. The number of aromatic nitrogens is 4. The fraction of sp³-hybridized carbons (Fsp3) is 0.361. The molecule has 2 aliphatic rings. The van der Waals surface area contributed by atoms with E-state index >= 15 is 0 Å². The third-order valence-corrected chi connectivity index (χ3v) is 17.8. The summed E-state index contributed by atoms with van der Waals surface area (Å²) in [5.74, 6) is 7.45. The summed E-state index contributed by atoms with van der Waals surface area (Å²) in [6.07, 6.45) is 33.9. The van der Waals surface area contributed by atoms with Crippen LogP contribution in [0.3, 0.4) is 0 Å². The standard InChI is InChI=1S/C83H94N5O4.Zn/c1-7-11-15-19-21-25-57-91-76-33-27-29-59(5)78(76)80-70-51-49-68(84-70)67(48-41-63-35-42-64(43-36-63)83(89)90)69-50-52-71(85-69)81(79-60(6)30-28-34-77(79)92-58-26-22-20-16-12-8-2)73-54-56-75(87-73)82(74-55-53-72(80)86-74)88(65-44-37-61(38-45-65)31-23-17-13-9-3)66-46-39-62(40-47-66)32-24-18-14-10-4;/h27-30,33-40,42-47,49-56H,7-26,31-32,57-58H2,1-6H3,(H2-,84,85,86,87,89,90);/q-1;+2/p-1. The molecule has 8 bridgehead atoms. The number of aryl methyl sites for hydroxylation is 4. The second-order valence-electron chi connectivity index (χ2n) is 24.9. The van der Waals surface area contributed by atoms with E-state index in [0.29, 0.717) is 46.8 Å². The van der Waals surface area contributed by atoms with Gasteiger partial charge in [0.1, 0.15) is 11.5 Å². The van der Waals surface area contributed by atoms with Gasteiger partial charge in [0.2, 0.25) is 0 Å². The molecule has 0 aliphatic carbocycles. The zero-order chi connectivity index (χ0) is 64.0. The quantitative estimate of drug-likeness (QED) is 0.0250. The summed E-state index contributed by atoms with van der Waals surface area (Å²) in [6, 6.07) is 45.9. The van der Waals surface area contributed by atoms with Gasteiger partial charge >= 0.3 is 25.4 Å². The summed E-state index contributed by atoms with van der Waals surface area (Å²) in [4.78, 5) is 37.1. The minimum atomic E-state index is -0.993. The van der Waals surface area contributed by atoms with Crippen LogP contribution in [0, 0.1) is 25.7 Å². The molecule has 0 amide bonds. The number of rotatable bonds is 32. The second kappa shape index (κ2) is 35.1. The van der Waals surface area contributed by atoms with Crippen molar-refractivity contribution < 1.29 is 38.9 Å². The van der Waals surface area contributed by atoms with Crippen molar-refractivity contribution in [1.82, 2.24) is 19.9 Å². The summed E-state index contributed by atoms with van der Waals surface area (Å²) in [5, 5.41) is 9.78. The molecular formula is C83H93N5O4Zn. The largest absolute Gasteiger partial charge is 2.00 e. The predicted molar refractivity (Wildman–Crippen MR) is 385 cm³/mol. The number of hydrogen-bond acceptors (Lipinski definition) is 6. The van der Waals surface area contributed by atoms with Gasteiger partial charge in [-0.15, -0.1) is 22.1 Å². The molecule has 3 aromatic heterocycles. The molecule has 476 valence electrons. The van der Waals surface area contributed by atoms with Gasteiger partial charge in [-0.2, -0.15) is 0 Å². The number of aromatic carboxylic acids is 1. The Bertz CT molecular complexity index is 3950. The van der Waals surface area contributed by atoms with Crippen LogP contribution in [0.25, 0.3) is 68.6 Å². The molecule has 9 nitrogen and oxygen atoms in total. The van der Waals surface area contributed by atoms with Crippen LogP contribution in [-0.2, 0) is 32.3 Å². The number of ether oxygens (including phenoxy) is 2. The maximum Gasteiger partial charge on any atom is 2.00 e. The maximum atomic E-state index is 11.9. The number of benzene rings is 5. The number of anilines is 3. The number of carbonyl (C=O) groups is 1. The van der Waals surface area contributed by atoms with Crippen molar-refractivity contribution in [2.24, 2.45) is 0 Å². The third kappa shape index (κ3) is 17.9. The van der Waals surface area contributed by atoms with E-state index in [0.717, 1.165) is 136 Å². The molecule has 8 aromatic rings. The van der Waals surface area contributed by atoms with Crippen LogP contribution in [0.2, 0.25) is 0 Å². The Kier molecular flexibility index (Phi) is 26.1. The fourth-order valence-corrected chi connectivity index (χ4v) is 12.6. The van der Waals surface area contributed by atoms with E-state index in [1.807, 2.05) is 12.1 Å². The first-order valence-electron chi connectivity index (χ1n) is 34.5. The molecule has 10 heteroatoms.